The molecule has 0 saturated heterocycles. The molecule has 2 N–H and O–H groups in total. The van der Waals surface area contributed by atoms with Crippen LogP contribution < -0.4 is 5.73 Å². The predicted octanol–water partition coefficient (Wildman–Crippen LogP) is 3.30. The van der Waals surface area contributed by atoms with Crippen molar-refractivity contribution in [3.8, 4) is 0 Å². The maximum atomic E-state index is 5.80. The fourth-order valence-corrected chi connectivity index (χ4v) is 1.56. The number of benzene rings is 1. The first-order valence-corrected chi connectivity index (χ1v) is 5.69. The maximum absolute atomic E-state index is 5.80. The van der Waals surface area contributed by atoms with Gasteiger partial charge in [0.05, 0.1) is 0 Å². The molecule has 1 aromatic carbocycles. The van der Waals surface area contributed by atoms with Crippen LogP contribution >= 0.6 is 0 Å². The summed E-state index contributed by atoms with van der Waals surface area (Å²) in [5.41, 5.74) is 9.55. The predicted molar refractivity (Wildman–Crippen MR) is 70.4 cm³/mol. The van der Waals surface area contributed by atoms with E-state index in [4.69, 9.17) is 10.3 Å². The number of rotatable bonds is 3. The van der Waals surface area contributed by atoms with Crippen LogP contribution in [0.1, 0.15) is 29.5 Å². The number of aromatic nitrogens is 1. The van der Waals surface area contributed by atoms with Gasteiger partial charge in [0.25, 0.3) is 0 Å². The van der Waals surface area contributed by atoms with Crippen molar-refractivity contribution in [2.45, 2.75) is 20.3 Å². The number of anilines is 1. The quantitative estimate of drug-likeness (QED) is 0.876. The van der Waals surface area contributed by atoms with Crippen LogP contribution in [0.5, 0.6) is 0 Å². The molecule has 0 bridgehead atoms. The van der Waals surface area contributed by atoms with Gasteiger partial charge in [-0.25, -0.2) is 0 Å². The van der Waals surface area contributed by atoms with Crippen LogP contribution in [0, 0.1) is 6.92 Å². The summed E-state index contributed by atoms with van der Waals surface area (Å²) in [6.07, 6.45) is 4.90. The zero-order valence-corrected chi connectivity index (χ0v) is 10.1. The molecule has 2 rings (SSSR count). The average Bonchev–Trinajstić information content (AvgIpc) is 2.68. The Balaban J connectivity index is 2.17. The number of nitrogens with two attached hydrogens (primary N) is 1. The minimum Gasteiger partial charge on any atom is -0.394 e. The summed E-state index contributed by atoms with van der Waals surface area (Å²) in [5.74, 6) is 0.658. The summed E-state index contributed by atoms with van der Waals surface area (Å²) in [6, 6.07) is 8.41. The third-order valence-corrected chi connectivity index (χ3v) is 2.76. The van der Waals surface area contributed by atoms with E-state index in [1.54, 1.807) is 6.92 Å². The van der Waals surface area contributed by atoms with Crippen molar-refractivity contribution in [1.29, 1.82) is 0 Å². The first kappa shape index (κ1) is 11.5. The number of nitrogen functional groups attached to an aromatic ring is 1. The van der Waals surface area contributed by atoms with Gasteiger partial charge in [-0.3, -0.25) is 0 Å². The van der Waals surface area contributed by atoms with Crippen LogP contribution in [-0.2, 0) is 6.42 Å². The van der Waals surface area contributed by atoms with E-state index in [-0.39, 0.29) is 0 Å². The highest BCUT2D eigenvalue weighted by Crippen LogP contribution is 2.18. The second kappa shape index (κ2) is 4.87. The molecule has 88 valence electrons. The number of nitrogens with zero attached hydrogens (tertiary/aromatic N) is 1. The second-order valence-electron chi connectivity index (χ2n) is 3.97. The molecule has 17 heavy (non-hydrogen) atoms. The normalized spacial score (nSPS) is 11.2. The number of hydrogen-bond donors (Lipinski definition) is 1. The molecule has 3 heteroatoms. The van der Waals surface area contributed by atoms with Crippen LogP contribution in [0.3, 0.4) is 0 Å². The Kier molecular flexibility index (Phi) is 3.28. The van der Waals surface area contributed by atoms with E-state index >= 15 is 0 Å². The SMILES string of the molecule is CCc1ccc(/C=C/c2noc(C)c2N)cc1. The maximum Gasteiger partial charge on any atom is 0.157 e. The molecular weight excluding hydrogens is 212 g/mol. The van der Waals surface area contributed by atoms with Crippen LogP contribution in [0.15, 0.2) is 28.8 Å². The molecule has 0 saturated carbocycles. The average molecular weight is 228 g/mol. The molecule has 0 amide bonds. The van der Waals surface area contributed by atoms with Gasteiger partial charge in [-0.15, -0.1) is 0 Å². The topological polar surface area (TPSA) is 52.0 Å². The van der Waals surface area contributed by atoms with Gasteiger partial charge in [0.1, 0.15) is 11.4 Å². The van der Waals surface area contributed by atoms with Crippen molar-refractivity contribution in [2.75, 3.05) is 5.73 Å². The van der Waals surface area contributed by atoms with Crippen molar-refractivity contribution in [2.24, 2.45) is 0 Å². The number of aryl methyl sites for hydroxylation is 2. The second-order valence-corrected chi connectivity index (χ2v) is 3.97. The van der Waals surface area contributed by atoms with Crippen LogP contribution in [0.25, 0.3) is 12.2 Å². The first-order valence-electron chi connectivity index (χ1n) is 5.69. The van der Waals surface area contributed by atoms with Crippen LogP contribution in [-0.4, -0.2) is 5.16 Å². The molecule has 0 fully saturated rings. The molecule has 0 radical (unpaired) electrons. The molecule has 2 aromatic rings. The fraction of sp³-hybridized carbons (Fsp3) is 0.214. The Labute approximate surface area is 101 Å². The van der Waals surface area contributed by atoms with E-state index in [1.165, 1.54) is 5.56 Å². The van der Waals surface area contributed by atoms with Crippen molar-refractivity contribution in [1.82, 2.24) is 5.16 Å². The largest absolute Gasteiger partial charge is 0.394 e. The first-order chi connectivity index (χ1) is 8.20. The lowest BCUT2D eigenvalue weighted by atomic mass is 10.1. The van der Waals surface area contributed by atoms with Gasteiger partial charge < -0.3 is 10.3 Å². The Morgan fingerprint density at radius 2 is 1.94 bits per heavy atom. The minimum absolute atomic E-state index is 0.603. The summed E-state index contributed by atoms with van der Waals surface area (Å²) < 4.78 is 4.99. The molecule has 1 aromatic heterocycles. The van der Waals surface area contributed by atoms with E-state index < -0.39 is 0 Å². The molecule has 0 atom stereocenters. The zero-order valence-electron chi connectivity index (χ0n) is 10.1. The van der Waals surface area contributed by atoms with Crippen molar-refractivity contribution < 1.29 is 4.52 Å². The van der Waals surface area contributed by atoms with Crippen LogP contribution in [0.2, 0.25) is 0 Å². The molecule has 1 heterocycles. The molecule has 0 aliphatic carbocycles. The molecule has 0 spiro atoms. The highest BCUT2D eigenvalue weighted by atomic mass is 16.5. The van der Waals surface area contributed by atoms with Gasteiger partial charge in [-0.1, -0.05) is 42.4 Å². The van der Waals surface area contributed by atoms with Gasteiger partial charge >= 0.3 is 0 Å². The molecule has 0 aliphatic rings. The van der Waals surface area contributed by atoms with Gasteiger partial charge in [0, 0.05) is 0 Å². The molecule has 0 unspecified atom stereocenters. The summed E-state index contributed by atoms with van der Waals surface area (Å²) in [4.78, 5) is 0. The van der Waals surface area contributed by atoms with Gasteiger partial charge in [-0.2, -0.15) is 0 Å². The van der Waals surface area contributed by atoms with E-state index in [9.17, 15) is 0 Å². The standard InChI is InChI=1S/C14H16N2O/c1-3-11-4-6-12(7-5-11)8-9-13-14(15)10(2)17-16-13/h4-9H,3,15H2,1-2H3/b9-8+. The monoisotopic (exact) mass is 228 g/mol. The smallest absolute Gasteiger partial charge is 0.157 e. The third-order valence-electron chi connectivity index (χ3n) is 2.76. The van der Waals surface area contributed by atoms with Crippen LogP contribution in [0.4, 0.5) is 5.69 Å². The fourth-order valence-electron chi connectivity index (χ4n) is 1.56. The lowest BCUT2D eigenvalue weighted by Gasteiger charge is -1.96. The Morgan fingerprint density at radius 1 is 1.24 bits per heavy atom. The van der Waals surface area contributed by atoms with E-state index in [0.717, 1.165) is 12.0 Å². The minimum atomic E-state index is 0.603. The summed E-state index contributed by atoms with van der Waals surface area (Å²) in [7, 11) is 0. The highest BCUT2D eigenvalue weighted by Gasteiger charge is 2.04. The van der Waals surface area contributed by atoms with Gasteiger partial charge in [0.15, 0.2) is 5.76 Å². The van der Waals surface area contributed by atoms with E-state index in [1.807, 2.05) is 12.2 Å². The summed E-state index contributed by atoms with van der Waals surface area (Å²) >= 11 is 0. The molecule has 3 nitrogen and oxygen atoms in total. The lowest BCUT2D eigenvalue weighted by molar-refractivity contribution is 0.397. The molecular formula is C14H16N2O. The van der Waals surface area contributed by atoms with Crippen molar-refractivity contribution in [3.63, 3.8) is 0 Å². The van der Waals surface area contributed by atoms with E-state index in [2.05, 4.69) is 36.3 Å². The van der Waals surface area contributed by atoms with Crippen molar-refractivity contribution in [3.05, 3.63) is 46.8 Å². The molecule has 0 aliphatic heterocycles. The summed E-state index contributed by atoms with van der Waals surface area (Å²) in [6.45, 7) is 3.94. The zero-order chi connectivity index (χ0) is 12.3. The van der Waals surface area contributed by atoms with Crippen molar-refractivity contribution >= 4 is 17.8 Å². The Hall–Kier alpha value is -2.03. The lowest BCUT2D eigenvalue weighted by Crippen LogP contribution is -1.87. The Morgan fingerprint density at radius 3 is 2.47 bits per heavy atom. The third kappa shape index (κ3) is 2.56. The summed E-state index contributed by atoms with van der Waals surface area (Å²) in [5, 5.41) is 3.88. The number of hydrogen-bond acceptors (Lipinski definition) is 3. The Bertz CT molecular complexity index is 524. The van der Waals surface area contributed by atoms with E-state index in [0.29, 0.717) is 17.1 Å². The highest BCUT2D eigenvalue weighted by molar-refractivity contribution is 5.73. The van der Waals surface area contributed by atoms with Gasteiger partial charge in [-0.05, 0) is 30.5 Å². The van der Waals surface area contributed by atoms with Gasteiger partial charge in [0.2, 0.25) is 0 Å².